The predicted molar refractivity (Wildman–Crippen MR) is 120 cm³/mol. The Balaban J connectivity index is 1.91. The Labute approximate surface area is 178 Å². The molecule has 4 nitrogen and oxygen atoms in total. The first kappa shape index (κ1) is 21.6. The van der Waals surface area contributed by atoms with Crippen molar-refractivity contribution in [2.24, 2.45) is 0 Å². The second-order valence-corrected chi connectivity index (χ2v) is 8.83. The molecule has 0 saturated heterocycles. The fourth-order valence-electron chi connectivity index (χ4n) is 4.58. The van der Waals surface area contributed by atoms with E-state index in [-0.39, 0.29) is 16.9 Å². The molecule has 1 heterocycles. The summed E-state index contributed by atoms with van der Waals surface area (Å²) in [6.07, 6.45) is 2.63. The highest BCUT2D eigenvalue weighted by atomic mass is 19.1. The summed E-state index contributed by atoms with van der Waals surface area (Å²) in [5.74, 6) is -0.525. The van der Waals surface area contributed by atoms with Gasteiger partial charge < -0.3 is 10.2 Å². The highest BCUT2D eigenvalue weighted by molar-refractivity contribution is 6.09. The topological polar surface area (TPSA) is 56.1 Å². The van der Waals surface area contributed by atoms with E-state index in [9.17, 15) is 14.4 Å². The highest BCUT2D eigenvalue weighted by Gasteiger charge is 2.37. The number of anilines is 2. The van der Waals surface area contributed by atoms with Crippen molar-refractivity contribution in [1.29, 1.82) is 5.26 Å². The van der Waals surface area contributed by atoms with Gasteiger partial charge in [0.15, 0.2) is 0 Å². The predicted octanol–water partition coefficient (Wildman–Crippen LogP) is 5.87. The van der Waals surface area contributed by atoms with Gasteiger partial charge in [0.25, 0.3) is 5.91 Å². The van der Waals surface area contributed by atoms with Crippen LogP contribution in [0.5, 0.6) is 0 Å². The zero-order chi connectivity index (χ0) is 22.1. The van der Waals surface area contributed by atoms with Crippen LogP contribution < -0.4 is 10.2 Å². The molecular weight excluding hydrogens is 377 g/mol. The first-order valence-corrected chi connectivity index (χ1v) is 10.2. The van der Waals surface area contributed by atoms with Crippen molar-refractivity contribution in [2.75, 3.05) is 10.2 Å². The van der Waals surface area contributed by atoms with E-state index in [0.29, 0.717) is 17.6 Å². The van der Waals surface area contributed by atoms with E-state index in [0.717, 1.165) is 12.0 Å². The molecule has 2 aromatic rings. The van der Waals surface area contributed by atoms with Crippen molar-refractivity contribution < 1.29 is 9.18 Å². The zero-order valence-electron chi connectivity index (χ0n) is 18.2. The van der Waals surface area contributed by atoms with Crippen molar-refractivity contribution in [1.82, 2.24) is 0 Å². The first-order valence-electron chi connectivity index (χ1n) is 10.2. The molecule has 1 atom stereocenters. The van der Waals surface area contributed by atoms with Crippen LogP contribution in [-0.4, -0.2) is 17.5 Å². The van der Waals surface area contributed by atoms with Crippen LogP contribution in [-0.2, 0) is 4.79 Å². The summed E-state index contributed by atoms with van der Waals surface area (Å²) in [5.41, 5.74) is 3.76. The Hall–Kier alpha value is -3.13. The number of nitrogens with one attached hydrogen (secondary N) is 1. The SMILES string of the molecule is CC1CC(C)(C)N(C(C)C)c2ccc(/C=C(/C#N)C(=O)Nc3ccc(F)cc3)cc21. The lowest BCUT2D eigenvalue weighted by molar-refractivity contribution is -0.112. The average molecular weight is 406 g/mol. The van der Waals surface area contributed by atoms with Gasteiger partial charge in [-0.1, -0.05) is 13.0 Å². The Morgan fingerprint density at radius 2 is 1.93 bits per heavy atom. The number of fused-ring (bicyclic) bond motifs is 1. The van der Waals surface area contributed by atoms with Crippen LogP contribution in [0.15, 0.2) is 48.0 Å². The molecule has 1 amide bonds. The Kier molecular flexibility index (Phi) is 5.98. The number of nitriles is 1. The van der Waals surface area contributed by atoms with Crippen molar-refractivity contribution in [3.05, 3.63) is 65.0 Å². The maximum absolute atomic E-state index is 13.1. The summed E-state index contributed by atoms with van der Waals surface area (Å²) in [4.78, 5) is 15.0. The number of halogens is 1. The van der Waals surface area contributed by atoms with E-state index in [1.165, 1.54) is 35.5 Å². The second kappa shape index (κ2) is 8.31. The molecular formula is C25H28FN3O. The Morgan fingerprint density at radius 3 is 2.53 bits per heavy atom. The first-order chi connectivity index (χ1) is 14.1. The van der Waals surface area contributed by atoms with Gasteiger partial charge in [0.05, 0.1) is 0 Å². The van der Waals surface area contributed by atoms with Crippen LogP contribution >= 0.6 is 0 Å². The number of hydrogen-bond acceptors (Lipinski definition) is 3. The van der Waals surface area contributed by atoms with E-state index >= 15 is 0 Å². The highest BCUT2D eigenvalue weighted by Crippen LogP contribution is 2.44. The van der Waals surface area contributed by atoms with Gasteiger partial charge in [-0.15, -0.1) is 0 Å². The van der Waals surface area contributed by atoms with Crippen LogP contribution in [0.25, 0.3) is 6.08 Å². The molecule has 3 rings (SSSR count). The van der Waals surface area contributed by atoms with Gasteiger partial charge in [0.1, 0.15) is 17.5 Å². The molecule has 1 N–H and O–H groups in total. The number of hydrogen-bond donors (Lipinski definition) is 1. The number of amides is 1. The minimum Gasteiger partial charge on any atom is -0.364 e. The molecule has 0 radical (unpaired) electrons. The molecule has 1 aliphatic heterocycles. The Morgan fingerprint density at radius 1 is 1.27 bits per heavy atom. The number of carbonyl (C=O) groups excluding carboxylic acids is 1. The number of rotatable bonds is 4. The zero-order valence-corrected chi connectivity index (χ0v) is 18.2. The van der Waals surface area contributed by atoms with Crippen molar-refractivity contribution in [3.8, 4) is 6.07 Å². The summed E-state index contributed by atoms with van der Waals surface area (Å²) in [6.45, 7) is 11.2. The van der Waals surface area contributed by atoms with Gasteiger partial charge in [-0.3, -0.25) is 4.79 Å². The molecule has 1 aliphatic rings. The molecule has 0 aromatic heterocycles. The van der Waals surface area contributed by atoms with Crippen molar-refractivity contribution in [3.63, 3.8) is 0 Å². The number of nitrogens with zero attached hydrogens (tertiary/aromatic N) is 2. The van der Waals surface area contributed by atoms with Crippen molar-refractivity contribution in [2.45, 2.75) is 58.5 Å². The third-order valence-corrected chi connectivity index (χ3v) is 5.59. The van der Waals surface area contributed by atoms with E-state index in [1.54, 1.807) is 6.08 Å². The van der Waals surface area contributed by atoms with Gasteiger partial charge in [-0.2, -0.15) is 5.26 Å². The van der Waals surface area contributed by atoms with Crippen LogP contribution in [0, 0.1) is 17.1 Å². The fourth-order valence-corrected chi connectivity index (χ4v) is 4.58. The molecule has 5 heteroatoms. The molecule has 0 aliphatic carbocycles. The van der Waals surface area contributed by atoms with Crippen molar-refractivity contribution >= 4 is 23.4 Å². The summed E-state index contributed by atoms with van der Waals surface area (Å²) < 4.78 is 13.1. The summed E-state index contributed by atoms with van der Waals surface area (Å²) in [5, 5.41) is 12.1. The van der Waals surface area contributed by atoms with Gasteiger partial charge in [0.2, 0.25) is 0 Å². The largest absolute Gasteiger partial charge is 0.364 e. The second-order valence-electron chi connectivity index (χ2n) is 8.83. The minimum atomic E-state index is -0.514. The summed E-state index contributed by atoms with van der Waals surface area (Å²) in [7, 11) is 0. The molecule has 0 saturated carbocycles. The molecule has 0 bridgehead atoms. The fraction of sp³-hybridized carbons (Fsp3) is 0.360. The maximum atomic E-state index is 13.1. The monoisotopic (exact) mass is 405 g/mol. The molecule has 0 fully saturated rings. The summed E-state index contributed by atoms with van der Waals surface area (Å²) in [6, 6.07) is 13.9. The Bertz CT molecular complexity index is 1020. The van der Waals surface area contributed by atoms with Crippen LogP contribution in [0.3, 0.4) is 0 Å². The number of benzene rings is 2. The normalized spacial score (nSPS) is 18.0. The van der Waals surface area contributed by atoms with E-state index in [1.807, 2.05) is 12.1 Å². The van der Waals surface area contributed by atoms with E-state index in [4.69, 9.17) is 0 Å². The molecule has 0 spiro atoms. The van der Waals surface area contributed by atoms with Gasteiger partial charge in [-0.05, 0) is 93.6 Å². The minimum absolute atomic E-state index is 0.00350. The van der Waals surface area contributed by atoms with Gasteiger partial charge >= 0.3 is 0 Å². The molecule has 156 valence electrons. The third kappa shape index (κ3) is 4.38. The summed E-state index contributed by atoms with van der Waals surface area (Å²) >= 11 is 0. The van der Waals surface area contributed by atoms with Crippen LogP contribution in [0.2, 0.25) is 0 Å². The molecule has 1 unspecified atom stereocenters. The quantitative estimate of drug-likeness (QED) is 0.511. The average Bonchev–Trinajstić information content (AvgIpc) is 2.67. The number of carbonyl (C=O) groups is 1. The molecule has 30 heavy (non-hydrogen) atoms. The lowest BCUT2D eigenvalue weighted by atomic mass is 9.79. The third-order valence-electron chi connectivity index (χ3n) is 5.59. The van der Waals surface area contributed by atoms with Gasteiger partial charge in [-0.25, -0.2) is 4.39 Å². The van der Waals surface area contributed by atoms with Gasteiger partial charge in [0, 0.05) is 23.0 Å². The van der Waals surface area contributed by atoms with E-state index < -0.39 is 5.91 Å². The van der Waals surface area contributed by atoms with Crippen LogP contribution in [0.4, 0.5) is 15.8 Å². The standard InChI is InChI=1S/C25H28FN3O/c1-16(2)29-23-11-6-18(13-22(23)17(3)14-25(29,4)5)12-19(15-27)24(30)28-21-9-7-20(26)8-10-21/h6-13,16-17H,14H2,1-5H3,(H,28,30)/b19-12-. The maximum Gasteiger partial charge on any atom is 0.266 e. The smallest absolute Gasteiger partial charge is 0.266 e. The molecule has 2 aromatic carbocycles. The lowest BCUT2D eigenvalue weighted by Crippen LogP contribution is -2.51. The van der Waals surface area contributed by atoms with Crippen LogP contribution in [0.1, 0.15) is 58.1 Å². The lowest BCUT2D eigenvalue weighted by Gasteiger charge is -2.50. The van der Waals surface area contributed by atoms with E-state index in [2.05, 4.69) is 57.0 Å².